The maximum atomic E-state index is 11.5. The molecule has 1 aliphatic rings. The van der Waals surface area contributed by atoms with E-state index >= 15 is 0 Å². The first-order chi connectivity index (χ1) is 8.46. The van der Waals surface area contributed by atoms with E-state index in [1.807, 2.05) is 0 Å². The van der Waals surface area contributed by atoms with E-state index in [9.17, 15) is 8.42 Å². The highest BCUT2D eigenvalue weighted by Gasteiger charge is 2.29. The lowest BCUT2D eigenvalue weighted by Crippen LogP contribution is -2.33. The van der Waals surface area contributed by atoms with Gasteiger partial charge < -0.3 is 5.32 Å². The zero-order valence-corrected chi connectivity index (χ0v) is 12.9. The third kappa shape index (κ3) is 5.70. The average molecular weight is 275 g/mol. The second-order valence-electron chi connectivity index (χ2n) is 5.90. The molecule has 0 aromatic heterocycles. The van der Waals surface area contributed by atoms with Crippen molar-refractivity contribution in [3.05, 3.63) is 0 Å². The zero-order valence-electron chi connectivity index (χ0n) is 12.1. The summed E-state index contributed by atoms with van der Waals surface area (Å²) in [6.45, 7) is 7.72. The molecule has 0 bridgehead atoms. The van der Waals surface area contributed by atoms with Gasteiger partial charge in [-0.3, -0.25) is 0 Å². The Labute approximate surface area is 113 Å². The summed E-state index contributed by atoms with van der Waals surface area (Å²) in [6, 6.07) is 0.498. The smallest absolute Gasteiger partial charge is 0.150 e. The summed E-state index contributed by atoms with van der Waals surface area (Å²) in [5.41, 5.74) is 0. The van der Waals surface area contributed by atoms with Crippen LogP contribution in [0.5, 0.6) is 0 Å². The Morgan fingerprint density at radius 3 is 2.56 bits per heavy atom. The quantitative estimate of drug-likeness (QED) is 0.740. The number of sulfone groups is 1. The third-order valence-corrected chi connectivity index (χ3v) is 5.85. The van der Waals surface area contributed by atoms with Crippen molar-refractivity contribution in [1.82, 2.24) is 5.32 Å². The van der Waals surface area contributed by atoms with Gasteiger partial charge >= 0.3 is 0 Å². The molecule has 0 aromatic carbocycles. The van der Waals surface area contributed by atoms with E-state index in [4.69, 9.17) is 0 Å². The molecule has 0 aliphatic carbocycles. The zero-order chi connectivity index (χ0) is 13.6. The van der Waals surface area contributed by atoms with E-state index in [1.165, 1.54) is 12.8 Å². The van der Waals surface area contributed by atoms with E-state index in [-0.39, 0.29) is 0 Å². The molecule has 108 valence electrons. The van der Waals surface area contributed by atoms with Crippen LogP contribution in [-0.4, -0.2) is 32.5 Å². The molecule has 0 saturated carbocycles. The molecule has 3 nitrogen and oxygen atoms in total. The maximum Gasteiger partial charge on any atom is 0.150 e. The van der Waals surface area contributed by atoms with Crippen LogP contribution in [0.15, 0.2) is 0 Å². The van der Waals surface area contributed by atoms with Crippen LogP contribution in [0.4, 0.5) is 0 Å². The fourth-order valence-electron chi connectivity index (χ4n) is 2.72. The summed E-state index contributed by atoms with van der Waals surface area (Å²) < 4.78 is 23.0. The molecule has 18 heavy (non-hydrogen) atoms. The molecule has 4 heteroatoms. The van der Waals surface area contributed by atoms with E-state index in [1.54, 1.807) is 0 Å². The Kier molecular flexibility index (Phi) is 6.64. The van der Waals surface area contributed by atoms with Crippen molar-refractivity contribution in [2.45, 2.75) is 58.9 Å². The molecule has 0 radical (unpaired) electrons. The lowest BCUT2D eigenvalue weighted by atomic mass is 9.91. The van der Waals surface area contributed by atoms with Crippen molar-refractivity contribution in [2.75, 3.05) is 18.1 Å². The van der Waals surface area contributed by atoms with Gasteiger partial charge in [-0.1, -0.05) is 27.2 Å². The highest BCUT2D eigenvalue weighted by atomic mass is 32.2. The second-order valence-corrected chi connectivity index (χ2v) is 8.13. The van der Waals surface area contributed by atoms with Gasteiger partial charge in [0.25, 0.3) is 0 Å². The van der Waals surface area contributed by atoms with Gasteiger partial charge in [-0.15, -0.1) is 0 Å². The molecule has 0 spiro atoms. The molecule has 3 atom stereocenters. The van der Waals surface area contributed by atoms with Gasteiger partial charge in [-0.05, 0) is 44.1 Å². The van der Waals surface area contributed by atoms with Crippen molar-refractivity contribution in [3.63, 3.8) is 0 Å². The summed E-state index contributed by atoms with van der Waals surface area (Å²) in [7, 11) is -2.72. The maximum absolute atomic E-state index is 11.5. The first-order valence-corrected chi connectivity index (χ1v) is 9.22. The molecule has 1 fully saturated rings. The molecular weight excluding hydrogens is 246 g/mol. The predicted octanol–water partition coefficient (Wildman–Crippen LogP) is 2.62. The third-order valence-electron chi connectivity index (χ3n) is 4.01. The number of nitrogens with one attached hydrogen (secondary N) is 1. The topological polar surface area (TPSA) is 46.2 Å². The minimum Gasteiger partial charge on any atom is -0.314 e. The lowest BCUT2D eigenvalue weighted by molar-refractivity contribution is 0.338. The Balaban J connectivity index is 2.45. The van der Waals surface area contributed by atoms with Crippen LogP contribution in [0.3, 0.4) is 0 Å². The summed E-state index contributed by atoms with van der Waals surface area (Å²) in [4.78, 5) is 0. The van der Waals surface area contributed by atoms with Crippen LogP contribution >= 0.6 is 0 Å². The Bertz CT molecular complexity index is 327. The molecular formula is C14H29NO2S. The van der Waals surface area contributed by atoms with Gasteiger partial charge in [0.1, 0.15) is 0 Å². The second kappa shape index (κ2) is 7.49. The van der Waals surface area contributed by atoms with Crippen LogP contribution in [0.1, 0.15) is 52.9 Å². The summed E-state index contributed by atoms with van der Waals surface area (Å²) >= 11 is 0. The predicted molar refractivity (Wildman–Crippen MR) is 77.5 cm³/mol. The van der Waals surface area contributed by atoms with Crippen molar-refractivity contribution >= 4 is 9.84 Å². The van der Waals surface area contributed by atoms with Crippen LogP contribution in [0.2, 0.25) is 0 Å². The monoisotopic (exact) mass is 275 g/mol. The molecule has 1 heterocycles. The summed E-state index contributed by atoms with van der Waals surface area (Å²) in [6.07, 6.45) is 5.41. The van der Waals surface area contributed by atoms with Crippen LogP contribution in [-0.2, 0) is 9.84 Å². The van der Waals surface area contributed by atoms with Crippen molar-refractivity contribution in [2.24, 2.45) is 11.8 Å². The van der Waals surface area contributed by atoms with Crippen LogP contribution in [0, 0.1) is 11.8 Å². The van der Waals surface area contributed by atoms with Gasteiger partial charge in [0.2, 0.25) is 0 Å². The van der Waals surface area contributed by atoms with E-state index in [0.717, 1.165) is 31.7 Å². The van der Waals surface area contributed by atoms with Gasteiger partial charge in [-0.2, -0.15) is 0 Å². The normalized spacial score (nSPS) is 26.1. The fraction of sp³-hybridized carbons (Fsp3) is 1.00. The standard InChI is InChI=1S/C14H29NO2S/c1-4-7-15-14(9-12(3)5-2)10-13-6-8-18(16,17)11-13/h12-15H,4-11H2,1-3H3. The number of hydrogen-bond donors (Lipinski definition) is 1. The Morgan fingerprint density at radius 2 is 2.06 bits per heavy atom. The molecule has 0 amide bonds. The van der Waals surface area contributed by atoms with Crippen LogP contribution in [0.25, 0.3) is 0 Å². The van der Waals surface area contributed by atoms with Gasteiger partial charge in [0, 0.05) is 6.04 Å². The fourth-order valence-corrected chi connectivity index (χ4v) is 4.60. The van der Waals surface area contributed by atoms with E-state index < -0.39 is 9.84 Å². The molecule has 3 unspecified atom stereocenters. The minimum atomic E-state index is -2.72. The van der Waals surface area contributed by atoms with Gasteiger partial charge in [0.05, 0.1) is 11.5 Å². The first kappa shape index (κ1) is 16.0. The highest BCUT2D eigenvalue weighted by Crippen LogP contribution is 2.25. The molecule has 1 aliphatic heterocycles. The molecule has 1 rings (SSSR count). The summed E-state index contributed by atoms with van der Waals surface area (Å²) in [5, 5.41) is 3.59. The van der Waals surface area contributed by atoms with Crippen LogP contribution < -0.4 is 5.32 Å². The molecule has 1 saturated heterocycles. The average Bonchev–Trinajstić information content (AvgIpc) is 2.65. The molecule has 0 aromatic rings. The molecule has 1 N–H and O–H groups in total. The first-order valence-electron chi connectivity index (χ1n) is 7.40. The van der Waals surface area contributed by atoms with Crippen molar-refractivity contribution in [1.29, 1.82) is 0 Å². The SMILES string of the molecule is CCCNC(CC(C)CC)CC1CCS(=O)(=O)C1. The van der Waals surface area contributed by atoms with Gasteiger partial charge in [0.15, 0.2) is 9.84 Å². The van der Waals surface area contributed by atoms with E-state index in [0.29, 0.717) is 23.5 Å². The Hall–Kier alpha value is -0.0900. The number of rotatable bonds is 8. The largest absolute Gasteiger partial charge is 0.314 e. The minimum absolute atomic E-state index is 0.383. The highest BCUT2D eigenvalue weighted by molar-refractivity contribution is 7.91. The van der Waals surface area contributed by atoms with E-state index in [2.05, 4.69) is 26.1 Å². The Morgan fingerprint density at radius 1 is 1.33 bits per heavy atom. The van der Waals surface area contributed by atoms with Crippen molar-refractivity contribution in [3.8, 4) is 0 Å². The summed E-state index contributed by atoms with van der Waals surface area (Å²) in [5.74, 6) is 1.92. The van der Waals surface area contributed by atoms with Gasteiger partial charge in [-0.25, -0.2) is 8.42 Å². The lowest BCUT2D eigenvalue weighted by Gasteiger charge is -2.24. The number of hydrogen-bond acceptors (Lipinski definition) is 3. The van der Waals surface area contributed by atoms with Crippen molar-refractivity contribution < 1.29 is 8.42 Å².